The first-order valence-corrected chi connectivity index (χ1v) is 6.52. The van der Waals surface area contributed by atoms with Crippen LogP contribution in [0, 0.1) is 11.3 Å². The highest BCUT2D eigenvalue weighted by atomic mass is 35.5. The predicted molar refractivity (Wildman–Crippen MR) is 68.1 cm³/mol. The van der Waals surface area contributed by atoms with Crippen molar-refractivity contribution in [3.8, 4) is 6.07 Å². The molecular formula is C14H13ClN2O. The summed E-state index contributed by atoms with van der Waals surface area (Å²) in [6.45, 7) is 0.588. The van der Waals surface area contributed by atoms with Gasteiger partial charge in [-0.05, 0) is 30.5 Å². The van der Waals surface area contributed by atoms with Crippen LogP contribution >= 0.6 is 11.6 Å². The smallest absolute Gasteiger partial charge is 0.234 e. The third-order valence-electron chi connectivity index (χ3n) is 4.04. The molecule has 3 rings (SSSR count). The van der Waals surface area contributed by atoms with Crippen molar-refractivity contribution in [2.75, 3.05) is 6.54 Å². The second-order valence-corrected chi connectivity index (χ2v) is 5.48. The summed E-state index contributed by atoms with van der Waals surface area (Å²) in [4.78, 5) is 14.2. The molecule has 1 aromatic rings. The molecule has 2 aliphatic rings. The van der Waals surface area contributed by atoms with E-state index in [-0.39, 0.29) is 11.9 Å². The molecule has 92 valence electrons. The van der Waals surface area contributed by atoms with Gasteiger partial charge in [-0.2, -0.15) is 5.26 Å². The summed E-state index contributed by atoms with van der Waals surface area (Å²) in [5, 5.41) is 9.51. The zero-order valence-corrected chi connectivity index (χ0v) is 10.7. The zero-order chi connectivity index (χ0) is 12.8. The summed E-state index contributed by atoms with van der Waals surface area (Å²) in [6, 6.07) is 9.45. The van der Waals surface area contributed by atoms with Gasteiger partial charge in [0.15, 0.2) is 0 Å². The Hall–Kier alpha value is -1.53. The first-order chi connectivity index (χ1) is 8.67. The van der Waals surface area contributed by atoms with Gasteiger partial charge in [0.25, 0.3) is 0 Å². The van der Waals surface area contributed by atoms with E-state index in [1.165, 1.54) is 0 Å². The van der Waals surface area contributed by atoms with Gasteiger partial charge in [0.05, 0.1) is 18.0 Å². The standard InChI is InChI=1S/C14H13ClN2O/c15-11-4-2-10(3-5-11)14(6-1-7-14)13(18)17-9-12(17)8-16/h2-5,12H,1,6-7,9H2. The number of amides is 1. The molecule has 2 fully saturated rings. The number of halogens is 1. The average molecular weight is 261 g/mol. The number of rotatable bonds is 2. The third-order valence-corrected chi connectivity index (χ3v) is 4.29. The summed E-state index contributed by atoms with van der Waals surface area (Å²) in [5.74, 6) is 0.114. The van der Waals surface area contributed by atoms with Crippen LogP contribution in [0.25, 0.3) is 0 Å². The second-order valence-electron chi connectivity index (χ2n) is 5.04. The molecule has 0 radical (unpaired) electrons. The highest BCUT2D eigenvalue weighted by molar-refractivity contribution is 6.30. The monoisotopic (exact) mass is 260 g/mol. The molecule has 1 unspecified atom stereocenters. The average Bonchev–Trinajstić information content (AvgIpc) is 3.09. The van der Waals surface area contributed by atoms with Gasteiger partial charge in [-0.25, -0.2) is 0 Å². The summed E-state index contributed by atoms with van der Waals surface area (Å²) >= 11 is 5.88. The van der Waals surface area contributed by atoms with Crippen molar-refractivity contribution < 1.29 is 4.79 Å². The lowest BCUT2D eigenvalue weighted by atomic mass is 9.63. The van der Waals surface area contributed by atoms with E-state index in [0.29, 0.717) is 11.6 Å². The first-order valence-electron chi connectivity index (χ1n) is 6.14. The van der Waals surface area contributed by atoms with E-state index < -0.39 is 5.41 Å². The van der Waals surface area contributed by atoms with Gasteiger partial charge in [-0.15, -0.1) is 0 Å². The van der Waals surface area contributed by atoms with Crippen molar-refractivity contribution in [1.29, 1.82) is 5.26 Å². The molecule has 1 saturated heterocycles. The van der Waals surface area contributed by atoms with Gasteiger partial charge in [0, 0.05) is 5.02 Å². The highest BCUT2D eigenvalue weighted by Gasteiger charge is 2.53. The van der Waals surface area contributed by atoms with Crippen molar-refractivity contribution in [1.82, 2.24) is 4.90 Å². The molecule has 1 heterocycles. The van der Waals surface area contributed by atoms with Crippen molar-refractivity contribution >= 4 is 17.5 Å². The van der Waals surface area contributed by atoms with E-state index in [4.69, 9.17) is 16.9 Å². The number of nitrogens with zero attached hydrogens (tertiary/aromatic N) is 2. The van der Waals surface area contributed by atoms with E-state index in [1.54, 1.807) is 4.90 Å². The first kappa shape index (κ1) is 11.6. The summed E-state index contributed by atoms with van der Waals surface area (Å²) < 4.78 is 0. The quantitative estimate of drug-likeness (QED) is 0.767. The lowest BCUT2D eigenvalue weighted by molar-refractivity contribution is -0.135. The van der Waals surface area contributed by atoms with Crippen LogP contribution in [0.2, 0.25) is 5.02 Å². The maximum Gasteiger partial charge on any atom is 0.234 e. The Balaban J connectivity index is 1.89. The van der Waals surface area contributed by atoms with Crippen LogP contribution in [0.4, 0.5) is 0 Å². The molecule has 1 aromatic carbocycles. The molecule has 1 atom stereocenters. The lowest BCUT2D eigenvalue weighted by Gasteiger charge is -2.41. The number of carbonyl (C=O) groups is 1. The number of hydrogen-bond donors (Lipinski definition) is 0. The Bertz CT molecular complexity index is 528. The Kier molecular flexibility index (Phi) is 2.57. The minimum absolute atomic E-state index is 0.114. The van der Waals surface area contributed by atoms with Gasteiger partial charge in [0.1, 0.15) is 6.04 Å². The molecule has 3 nitrogen and oxygen atoms in total. The Labute approximate surface area is 111 Å². The molecule has 0 bridgehead atoms. The molecule has 0 aromatic heterocycles. The summed E-state index contributed by atoms with van der Waals surface area (Å²) in [5.41, 5.74) is 0.641. The molecule has 1 aliphatic carbocycles. The van der Waals surface area contributed by atoms with Gasteiger partial charge in [-0.3, -0.25) is 4.79 Å². The fourth-order valence-corrected chi connectivity index (χ4v) is 2.80. The minimum atomic E-state index is -0.393. The van der Waals surface area contributed by atoms with E-state index in [9.17, 15) is 4.79 Å². The third kappa shape index (κ3) is 1.60. The molecule has 0 spiro atoms. The van der Waals surface area contributed by atoms with Crippen LogP contribution < -0.4 is 0 Å². The largest absolute Gasteiger partial charge is 0.321 e. The fraction of sp³-hybridized carbons (Fsp3) is 0.429. The zero-order valence-electron chi connectivity index (χ0n) is 9.90. The van der Waals surface area contributed by atoms with Crippen LogP contribution in [-0.2, 0) is 10.2 Å². The van der Waals surface area contributed by atoms with Crippen LogP contribution in [0.1, 0.15) is 24.8 Å². The van der Waals surface area contributed by atoms with Crippen molar-refractivity contribution in [2.45, 2.75) is 30.7 Å². The maximum absolute atomic E-state index is 12.5. The lowest BCUT2D eigenvalue weighted by Crippen LogP contribution is -2.46. The number of benzene rings is 1. The number of hydrogen-bond acceptors (Lipinski definition) is 2. The predicted octanol–water partition coefficient (Wildman–Crippen LogP) is 2.50. The molecular weight excluding hydrogens is 248 g/mol. The van der Waals surface area contributed by atoms with Gasteiger partial charge in [0.2, 0.25) is 5.91 Å². The summed E-state index contributed by atoms with van der Waals surface area (Å²) in [6.07, 6.45) is 2.82. The van der Waals surface area contributed by atoms with E-state index in [1.807, 2.05) is 24.3 Å². The van der Waals surface area contributed by atoms with Crippen LogP contribution in [-0.4, -0.2) is 23.4 Å². The van der Waals surface area contributed by atoms with Crippen molar-refractivity contribution in [3.05, 3.63) is 34.9 Å². The van der Waals surface area contributed by atoms with Crippen molar-refractivity contribution in [3.63, 3.8) is 0 Å². The van der Waals surface area contributed by atoms with Gasteiger partial charge >= 0.3 is 0 Å². The normalized spacial score (nSPS) is 24.0. The van der Waals surface area contributed by atoms with E-state index in [0.717, 1.165) is 24.8 Å². The van der Waals surface area contributed by atoms with Gasteiger partial charge < -0.3 is 4.90 Å². The topological polar surface area (TPSA) is 43.9 Å². The SMILES string of the molecule is N#CC1CN1C(=O)C1(c2ccc(Cl)cc2)CCC1. The van der Waals surface area contributed by atoms with Gasteiger partial charge in [-0.1, -0.05) is 30.2 Å². The van der Waals surface area contributed by atoms with Crippen molar-refractivity contribution in [2.24, 2.45) is 0 Å². The second kappa shape index (κ2) is 4.00. The number of nitriles is 1. The molecule has 1 amide bonds. The molecule has 0 N–H and O–H groups in total. The fourth-order valence-electron chi connectivity index (χ4n) is 2.67. The Morgan fingerprint density at radius 3 is 2.50 bits per heavy atom. The van der Waals surface area contributed by atoms with Crippen LogP contribution in [0.15, 0.2) is 24.3 Å². The highest BCUT2D eigenvalue weighted by Crippen LogP contribution is 2.47. The van der Waals surface area contributed by atoms with Crippen LogP contribution in [0.3, 0.4) is 0 Å². The molecule has 18 heavy (non-hydrogen) atoms. The van der Waals surface area contributed by atoms with E-state index in [2.05, 4.69) is 6.07 Å². The molecule has 1 aliphatic heterocycles. The number of carbonyl (C=O) groups excluding carboxylic acids is 1. The Morgan fingerprint density at radius 1 is 1.39 bits per heavy atom. The Morgan fingerprint density at radius 2 is 2.06 bits per heavy atom. The molecule has 4 heteroatoms. The maximum atomic E-state index is 12.5. The minimum Gasteiger partial charge on any atom is -0.321 e. The van der Waals surface area contributed by atoms with Crippen LogP contribution in [0.5, 0.6) is 0 Å². The van der Waals surface area contributed by atoms with E-state index >= 15 is 0 Å². The summed E-state index contributed by atoms with van der Waals surface area (Å²) in [7, 11) is 0. The molecule has 1 saturated carbocycles.